The zero-order valence-electron chi connectivity index (χ0n) is 14.3. The Kier molecular flexibility index (Phi) is 4.33. The molecule has 1 N–H and O–H groups in total. The van der Waals surface area contributed by atoms with Crippen LogP contribution in [-0.2, 0) is 6.54 Å². The molecule has 1 fully saturated rings. The van der Waals surface area contributed by atoms with Gasteiger partial charge in [-0.3, -0.25) is 0 Å². The normalized spacial score (nSPS) is 14.0. The lowest BCUT2D eigenvalue weighted by Gasteiger charge is -2.18. The van der Waals surface area contributed by atoms with Gasteiger partial charge in [0.15, 0.2) is 0 Å². The van der Waals surface area contributed by atoms with Crippen LogP contribution in [0, 0.1) is 0 Å². The van der Waals surface area contributed by atoms with E-state index in [-0.39, 0.29) is 0 Å². The number of methoxy groups -OCH3 is 1. The Morgan fingerprint density at radius 2 is 1.96 bits per heavy atom. The molecule has 4 rings (SSSR count). The maximum absolute atomic E-state index is 5.38. The Labute approximate surface area is 146 Å². The van der Waals surface area contributed by atoms with Gasteiger partial charge in [0.05, 0.1) is 18.0 Å². The summed E-state index contributed by atoms with van der Waals surface area (Å²) in [6, 6.07) is 9.87. The van der Waals surface area contributed by atoms with Crippen molar-refractivity contribution in [3.05, 3.63) is 48.3 Å². The number of nitrogens with zero attached hydrogens (tertiary/aromatic N) is 4. The van der Waals surface area contributed by atoms with Gasteiger partial charge in [0, 0.05) is 37.6 Å². The van der Waals surface area contributed by atoms with E-state index in [4.69, 9.17) is 4.74 Å². The quantitative estimate of drug-likeness (QED) is 0.772. The maximum atomic E-state index is 5.38. The van der Waals surface area contributed by atoms with Gasteiger partial charge < -0.3 is 15.0 Å². The maximum Gasteiger partial charge on any atom is 0.223 e. The summed E-state index contributed by atoms with van der Waals surface area (Å²) in [7, 11) is 1.68. The molecule has 3 aromatic rings. The second-order valence-corrected chi connectivity index (χ2v) is 6.12. The molecule has 0 bridgehead atoms. The van der Waals surface area contributed by atoms with Crippen LogP contribution in [0.1, 0.15) is 18.4 Å². The van der Waals surface area contributed by atoms with Gasteiger partial charge in [-0.15, -0.1) is 0 Å². The summed E-state index contributed by atoms with van der Waals surface area (Å²) in [5.41, 5.74) is 1.98. The first kappa shape index (κ1) is 15.6. The topological polar surface area (TPSA) is 63.2 Å². The fraction of sp³-hybridized carbons (Fsp3) is 0.316. The Hall–Kier alpha value is -2.89. The van der Waals surface area contributed by atoms with Crippen molar-refractivity contribution in [1.82, 2.24) is 15.0 Å². The number of hydrogen-bond donors (Lipinski definition) is 1. The molecule has 0 amide bonds. The third kappa shape index (κ3) is 3.20. The number of anilines is 2. The summed E-state index contributed by atoms with van der Waals surface area (Å²) in [5, 5.41) is 4.29. The van der Waals surface area contributed by atoms with E-state index >= 15 is 0 Å². The van der Waals surface area contributed by atoms with E-state index in [0.29, 0.717) is 12.5 Å². The molecule has 0 spiro atoms. The minimum atomic E-state index is 0.608. The van der Waals surface area contributed by atoms with Gasteiger partial charge in [0.1, 0.15) is 11.6 Å². The van der Waals surface area contributed by atoms with Crippen LogP contribution in [0.3, 0.4) is 0 Å². The fourth-order valence-electron chi connectivity index (χ4n) is 3.23. The van der Waals surface area contributed by atoms with Crippen molar-refractivity contribution in [3.63, 3.8) is 0 Å². The molecule has 1 saturated heterocycles. The zero-order valence-corrected chi connectivity index (χ0v) is 14.3. The highest BCUT2D eigenvalue weighted by Crippen LogP contribution is 2.26. The number of aromatic nitrogens is 3. The lowest BCUT2D eigenvalue weighted by molar-refractivity contribution is 0.410. The van der Waals surface area contributed by atoms with Crippen molar-refractivity contribution in [2.75, 3.05) is 30.4 Å². The summed E-state index contributed by atoms with van der Waals surface area (Å²) in [6.45, 7) is 2.72. The van der Waals surface area contributed by atoms with Crippen LogP contribution >= 0.6 is 0 Å². The fourth-order valence-corrected chi connectivity index (χ4v) is 3.23. The summed E-state index contributed by atoms with van der Waals surface area (Å²) in [6.07, 6.45) is 6.13. The van der Waals surface area contributed by atoms with E-state index in [1.54, 1.807) is 7.11 Å². The van der Waals surface area contributed by atoms with E-state index in [2.05, 4.69) is 25.2 Å². The number of ether oxygens (including phenoxy) is 1. The van der Waals surface area contributed by atoms with Gasteiger partial charge in [0.2, 0.25) is 5.95 Å². The largest absolute Gasteiger partial charge is 0.496 e. The molecular formula is C19H21N5O. The van der Waals surface area contributed by atoms with Crippen LogP contribution in [0.15, 0.2) is 42.7 Å². The monoisotopic (exact) mass is 335 g/mol. The van der Waals surface area contributed by atoms with Crippen LogP contribution in [0.25, 0.3) is 10.9 Å². The highest BCUT2D eigenvalue weighted by molar-refractivity contribution is 5.89. The second-order valence-electron chi connectivity index (χ2n) is 6.12. The molecule has 1 aliphatic heterocycles. The SMILES string of the molecule is COc1ccccc1CNc1ncc2c(N3CCCC3)nccc2n1. The standard InChI is InChI=1S/C19H21N5O/c1-25-17-7-3-2-6-14(17)12-21-19-22-13-15-16(23-19)8-9-20-18(15)24-10-4-5-11-24/h2-3,6-9,13H,4-5,10-12H2,1H3,(H,21,22,23). The highest BCUT2D eigenvalue weighted by Gasteiger charge is 2.16. The Morgan fingerprint density at radius 1 is 1.12 bits per heavy atom. The van der Waals surface area contributed by atoms with Crippen molar-refractivity contribution < 1.29 is 4.74 Å². The Morgan fingerprint density at radius 3 is 2.80 bits per heavy atom. The smallest absolute Gasteiger partial charge is 0.223 e. The number of benzene rings is 1. The number of nitrogens with one attached hydrogen (secondary N) is 1. The van der Waals surface area contributed by atoms with Gasteiger partial charge in [-0.1, -0.05) is 18.2 Å². The zero-order chi connectivity index (χ0) is 17.1. The molecule has 0 radical (unpaired) electrons. The Balaban J connectivity index is 1.57. The minimum absolute atomic E-state index is 0.608. The molecule has 25 heavy (non-hydrogen) atoms. The third-order valence-corrected chi connectivity index (χ3v) is 4.52. The highest BCUT2D eigenvalue weighted by atomic mass is 16.5. The molecule has 128 valence electrons. The summed E-state index contributed by atoms with van der Waals surface area (Å²) >= 11 is 0. The molecule has 0 aliphatic carbocycles. The molecular weight excluding hydrogens is 314 g/mol. The van der Waals surface area contributed by atoms with Gasteiger partial charge in [-0.2, -0.15) is 0 Å². The van der Waals surface area contributed by atoms with Crippen molar-refractivity contribution in [3.8, 4) is 5.75 Å². The molecule has 0 saturated carbocycles. The first-order valence-electron chi connectivity index (χ1n) is 8.57. The van der Waals surface area contributed by atoms with E-state index < -0.39 is 0 Å². The third-order valence-electron chi connectivity index (χ3n) is 4.52. The predicted octanol–water partition coefficient (Wildman–Crippen LogP) is 3.25. The number of hydrogen-bond acceptors (Lipinski definition) is 6. The number of fused-ring (bicyclic) bond motifs is 1. The summed E-state index contributed by atoms with van der Waals surface area (Å²) < 4.78 is 5.38. The molecule has 6 nitrogen and oxygen atoms in total. The second kappa shape index (κ2) is 6.93. The van der Waals surface area contributed by atoms with Gasteiger partial charge >= 0.3 is 0 Å². The number of para-hydroxylation sites is 1. The summed E-state index contributed by atoms with van der Waals surface area (Å²) in [4.78, 5) is 16.0. The lowest BCUT2D eigenvalue weighted by atomic mass is 10.2. The van der Waals surface area contributed by atoms with Crippen molar-refractivity contribution in [1.29, 1.82) is 0 Å². The minimum Gasteiger partial charge on any atom is -0.496 e. The van der Waals surface area contributed by atoms with Crippen LogP contribution in [0.5, 0.6) is 5.75 Å². The molecule has 3 heterocycles. The number of pyridine rings is 1. The van der Waals surface area contributed by atoms with E-state index in [9.17, 15) is 0 Å². The van der Waals surface area contributed by atoms with E-state index in [1.807, 2.05) is 42.7 Å². The van der Waals surface area contributed by atoms with Crippen LogP contribution in [0.4, 0.5) is 11.8 Å². The van der Waals surface area contributed by atoms with Gasteiger partial charge in [0.25, 0.3) is 0 Å². The number of rotatable bonds is 5. The first-order chi connectivity index (χ1) is 12.3. The molecule has 0 unspecified atom stereocenters. The predicted molar refractivity (Wildman–Crippen MR) is 99.1 cm³/mol. The molecule has 2 aromatic heterocycles. The van der Waals surface area contributed by atoms with Crippen LogP contribution < -0.4 is 15.0 Å². The van der Waals surface area contributed by atoms with E-state index in [1.165, 1.54) is 12.8 Å². The van der Waals surface area contributed by atoms with Crippen molar-refractivity contribution >= 4 is 22.7 Å². The van der Waals surface area contributed by atoms with Crippen molar-refractivity contribution in [2.24, 2.45) is 0 Å². The van der Waals surface area contributed by atoms with Gasteiger partial charge in [-0.05, 0) is 25.0 Å². The summed E-state index contributed by atoms with van der Waals surface area (Å²) in [5.74, 6) is 2.46. The average Bonchev–Trinajstić information content (AvgIpc) is 3.20. The van der Waals surface area contributed by atoms with Crippen LogP contribution in [-0.4, -0.2) is 35.2 Å². The average molecular weight is 335 g/mol. The lowest BCUT2D eigenvalue weighted by Crippen LogP contribution is -2.19. The molecule has 1 aliphatic rings. The van der Waals surface area contributed by atoms with E-state index in [0.717, 1.165) is 41.1 Å². The first-order valence-corrected chi connectivity index (χ1v) is 8.57. The Bertz CT molecular complexity index is 877. The van der Waals surface area contributed by atoms with Crippen molar-refractivity contribution in [2.45, 2.75) is 19.4 Å². The molecule has 0 atom stereocenters. The molecule has 1 aromatic carbocycles. The van der Waals surface area contributed by atoms with Crippen LogP contribution in [0.2, 0.25) is 0 Å². The molecule has 6 heteroatoms. The van der Waals surface area contributed by atoms with Gasteiger partial charge in [-0.25, -0.2) is 15.0 Å².